The van der Waals surface area contributed by atoms with Crippen LogP contribution in [-0.2, 0) is 9.59 Å². The van der Waals surface area contributed by atoms with Crippen molar-refractivity contribution in [3.8, 4) is 0 Å². The van der Waals surface area contributed by atoms with Crippen molar-refractivity contribution in [2.45, 2.75) is 24.9 Å². The Bertz CT molecular complexity index is 460. The van der Waals surface area contributed by atoms with Crippen LogP contribution in [0.1, 0.15) is 24.3 Å². The largest absolute Gasteiger partial charge is 0.481 e. The number of carboxylic acids is 1. The predicted octanol–water partition coefficient (Wildman–Crippen LogP) is 2.31. The zero-order chi connectivity index (χ0) is 15.2. The number of rotatable bonds is 6. The summed E-state index contributed by atoms with van der Waals surface area (Å²) >= 11 is 0. The van der Waals surface area contributed by atoms with Gasteiger partial charge in [0.15, 0.2) is 0 Å². The Labute approximate surface area is 113 Å². The van der Waals surface area contributed by atoms with Crippen molar-refractivity contribution in [2.24, 2.45) is 0 Å². The second kappa shape index (κ2) is 6.93. The van der Waals surface area contributed by atoms with Crippen LogP contribution in [0.15, 0.2) is 30.3 Å². The minimum Gasteiger partial charge on any atom is -0.481 e. The molecule has 1 aromatic carbocycles. The maximum absolute atomic E-state index is 12.9. The maximum Gasteiger partial charge on any atom is 0.396 e. The lowest BCUT2D eigenvalue weighted by Gasteiger charge is -2.20. The minimum absolute atomic E-state index is 0.00776. The highest BCUT2D eigenvalue weighted by Crippen LogP contribution is 2.37. The van der Waals surface area contributed by atoms with E-state index in [0.29, 0.717) is 0 Å². The molecule has 1 atom stereocenters. The second-order valence-electron chi connectivity index (χ2n) is 4.20. The molecule has 1 aromatic rings. The van der Waals surface area contributed by atoms with Gasteiger partial charge in [-0.05, 0) is 5.56 Å². The molecule has 20 heavy (non-hydrogen) atoms. The topological polar surface area (TPSA) is 66.4 Å². The molecular formula is C13H14F3NO3. The fourth-order valence-corrected chi connectivity index (χ4v) is 1.67. The van der Waals surface area contributed by atoms with E-state index in [0.717, 1.165) is 0 Å². The molecule has 0 aromatic heterocycles. The lowest BCUT2D eigenvalue weighted by molar-refractivity contribution is -0.157. The van der Waals surface area contributed by atoms with Crippen LogP contribution in [-0.4, -0.2) is 29.7 Å². The van der Waals surface area contributed by atoms with E-state index >= 15 is 0 Å². The molecule has 1 unspecified atom stereocenters. The zero-order valence-electron chi connectivity index (χ0n) is 10.5. The van der Waals surface area contributed by atoms with E-state index in [-0.39, 0.29) is 18.5 Å². The summed E-state index contributed by atoms with van der Waals surface area (Å²) in [5.74, 6) is -3.84. The van der Waals surface area contributed by atoms with Crippen LogP contribution in [0.25, 0.3) is 0 Å². The Morgan fingerprint density at radius 2 is 1.80 bits per heavy atom. The molecule has 0 aliphatic carbocycles. The van der Waals surface area contributed by atoms with Gasteiger partial charge in [-0.1, -0.05) is 30.3 Å². The number of nitrogens with one attached hydrogen (secondary N) is 1. The summed E-state index contributed by atoms with van der Waals surface area (Å²) in [6.07, 6.45) is -5.62. The molecule has 0 saturated carbocycles. The lowest BCUT2D eigenvalue weighted by Crippen LogP contribution is -2.31. The SMILES string of the molecule is O=C(O)CCNC(=O)CC(c1ccccc1)C(F)(F)F. The highest BCUT2D eigenvalue weighted by atomic mass is 19.4. The normalized spacial score (nSPS) is 12.8. The fourth-order valence-electron chi connectivity index (χ4n) is 1.67. The molecule has 0 aliphatic heterocycles. The van der Waals surface area contributed by atoms with Gasteiger partial charge in [-0.3, -0.25) is 9.59 Å². The molecule has 2 N–H and O–H groups in total. The highest BCUT2D eigenvalue weighted by Gasteiger charge is 2.41. The third-order valence-corrected chi connectivity index (χ3v) is 2.65. The van der Waals surface area contributed by atoms with E-state index in [4.69, 9.17) is 5.11 Å². The first-order valence-electron chi connectivity index (χ1n) is 5.91. The number of amides is 1. The summed E-state index contributed by atoms with van der Waals surface area (Å²) in [5, 5.41) is 10.6. The van der Waals surface area contributed by atoms with E-state index in [1.54, 1.807) is 6.07 Å². The molecule has 0 heterocycles. The molecule has 0 fully saturated rings. The number of alkyl halides is 3. The third kappa shape index (κ3) is 5.29. The van der Waals surface area contributed by atoms with E-state index < -0.39 is 30.4 Å². The van der Waals surface area contributed by atoms with Crippen molar-refractivity contribution in [1.82, 2.24) is 5.32 Å². The third-order valence-electron chi connectivity index (χ3n) is 2.65. The van der Waals surface area contributed by atoms with Gasteiger partial charge >= 0.3 is 12.1 Å². The average Bonchev–Trinajstić information content (AvgIpc) is 2.35. The van der Waals surface area contributed by atoms with Gasteiger partial charge < -0.3 is 10.4 Å². The van der Waals surface area contributed by atoms with Crippen molar-refractivity contribution in [2.75, 3.05) is 6.54 Å². The van der Waals surface area contributed by atoms with Crippen LogP contribution >= 0.6 is 0 Å². The van der Waals surface area contributed by atoms with Gasteiger partial charge in [-0.15, -0.1) is 0 Å². The van der Waals surface area contributed by atoms with Crippen molar-refractivity contribution >= 4 is 11.9 Å². The van der Waals surface area contributed by atoms with Gasteiger partial charge in [0.05, 0.1) is 12.3 Å². The predicted molar refractivity (Wildman–Crippen MR) is 65.1 cm³/mol. The Hall–Kier alpha value is -2.05. The molecule has 0 spiro atoms. The van der Waals surface area contributed by atoms with Crippen molar-refractivity contribution in [1.29, 1.82) is 0 Å². The number of benzene rings is 1. The van der Waals surface area contributed by atoms with Gasteiger partial charge in [-0.25, -0.2) is 0 Å². The van der Waals surface area contributed by atoms with Gasteiger partial charge in [0.25, 0.3) is 0 Å². The smallest absolute Gasteiger partial charge is 0.396 e. The van der Waals surface area contributed by atoms with Gasteiger partial charge in [0, 0.05) is 13.0 Å². The molecule has 7 heteroatoms. The first-order chi connectivity index (χ1) is 9.30. The summed E-state index contributed by atoms with van der Waals surface area (Å²) in [5.41, 5.74) is 0.00776. The molecule has 0 radical (unpaired) electrons. The van der Waals surface area contributed by atoms with Crippen LogP contribution in [0.5, 0.6) is 0 Å². The lowest BCUT2D eigenvalue weighted by atomic mass is 9.95. The number of carbonyl (C=O) groups excluding carboxylic acids is 1. The van der Waals surface area contributed by atoms with Crippen molar-refractivity contribution < 1.29 is 27.9 Å². The van der Waals surface area contributed by atoms with Crippen LogP contribution in [0.2, 0.25) is 0 Å². The van der Waals surface area contributed by atoms with E-state index in [1.807, 2.05) is 0 Å². The van der Waals surface area contributed by atoms with Crippen molar-refractivity contribution in [3.05, 3.63) is 35.9 Å². The van der Waals surface area contributed by atoms with Gasteiger partial charge in [0.1, 0.15) is 0 Å². The first-order valence-corrected chi connectivity index (χ1v) is 5.91. The minimum atomic E-state index is -4.54. The zero-order valence-corrected chi connectivity index (χ0v) is 10.5. The van der Waals surface area contributed by atoms with E-state index in [9.17, 15) is 22.8 Å². The molecule has 0 aliphatic rings. The van der Waals surface area contributed by atoms with Crippen LogP contribution < -0.4 is 5.32 Å². The van der Waals surface area contributed by atoms with Crippen LogP contribution in [0.4, 0.5) is 13.2 Å². The quantitative estimate of drug-likeness (QED) is 0.844. The highest BCUT2D eigenvalue weighted by molar-refractivity contribution is 5.77. The number of aliphatic carboxylic acids is 1. The Balaban J connectivity index is 2.67. The Morgan fingerprint density at radius 3 is 2.30 bits per heavy atom. The summed E-state index contributed by atoms with van der Waals surface area (Å²) < 4.78 is 38.8. The summed E-state index contributed by atoms with van der Waals surface area (Å²) in [7, 11) is 0. The summed E-state index contributed by atoms with van der Waals surface area (Å²) in [4.78, 5) is 21.7. The van der Waals surface area contributed by atoms with Crippen molar-refractivity contribution in [3.63, 3.8) is 0 Å². The summed E-state index contributed by atoms with van der Waals surface area (Å²) in [6.45, 7) is -0.187. The summed E-state index contributed by atoms with van der Waals surface area (Å²) in [6, 6.07) is 7.14. The van der Waals surface area contributed by atoms with E-state index in [1.165, 1.54) is 24.3 Å². The van der Waals surface area contributed by atoms with Crippen LogP contribution in [0.3, 0.4) is 0 Å². The molecule has 0 saturated heterocycles. The molecule has 1 amide bonds. The number of halogens is 3. The van der Waals surface area contributed by atoms with Gasteiger partial charge in [0.2, 0.25) is 5.91 Å². The standard InChI is InChI=1S/C13H14F3NO3/c14-13(15,16)10(9-4-2-1-3-5-9)8-11(18)17-7-6-12(19)20/h1-5,10H,6-8H2,(H,17,18)(H,19,20). The van der Waals surface area contributed by atoms with Crippen LogP contribution in [0, 0.1) is 0 Å². The Kier molecular flexibility index (Phi) is 5.54. The fraction of sp³-hybridized carbons (Fsp3) is 0.385. The Morgan fingerprint density at radius 1 is 1.20 bits per heavy atom. The molecule has 1 rings (SSSR count). The van der Waals surface area contributed by atoms with Gasteiger partial charge in [-0.2, -0.15) is 13.2 Å². The molecule has 4 nitrogen and oxygen atoms in total. The molecule has 0 bridgehead atoms. The maximum atomic E-state index is 12.9. The average molecular weight is 289 g/mol. The number of carboxylic acid groups (broad SMARTS) is 1. The molecule has 110 valence electrons. The first kappa shape index (κ1) is 16.0. The number of hydrogen-bond donors (Lipinski definition) is 2. The number of hydrogen-bond acceptors (Lipinski definition) is 2. The number of carbonyl (C=O) groups is 2. The molecular weight excluding hydrogens is 275 g/mol. The monoisotopic (exact) mass is 289 g/mol. The van der Waals surface area contributed by atoms with E-state index in [2.05, 4.69) is 5.32 Å². The second-order valence-corrected chi connectivity index (χ2v) is 4.20.